The molecule has 0 aliphatic rings. The lowest BCUT2D eigenvalue weighted by atomic mass is 10.1. The Morgan fingerprint density at radius 1 is 1.14 bits per heavy atom. The maximum Gasteiger partial charge on any atom is 0.237 e. The molecule has 29 heavy (non-hydrogen) atoms. The van der Waals surface area contributed by atoms with E-state index >= 15 is 0 Å². The third kappa shape index (κ3) is 3.97. The molecule has 0 bridgehead atoms. The first-order valence-corrected chi connectivity index (χ1v) is 10.1. The molecule has 2 N–H and O–H groups in total. The van der Waals surface area contributed by atoms with E-state index in [1.165, 1.54) is 18.7 Å². The number of H-pyrrole nitrogens is 1. The van der Waals surface area contributed by atoms with Crippen molar-refractivity contribution in [3.63, 3.8) is 0 Å². The van der Waals surface area contributed by atoms with Gasteiger partial charge in [-0.1, -0.05) is 49.0 Å². The molecule has 0 aliphatic heterocycles. The zero-order valence-electron chi connectivity index (χ0n) is 16.0. The fourth-order valence-corrected chi connectivity index (χ4v) is 3.86. The van der Waals surface area contributed by atoms with Gasteiger partial charge in [-0.25, -0.2) is 4.98 Å². The largest absolute Gasteiger partial charge is 0.338 e. The third-order valence-electron chi connectivity index (χ3n) is 4.55. The van der Waals surface area contributed by atoms with Gasteiger partial charge in [0, 0.05) is 22.2 Å². The van der Waals surface area contributed by atoms with E-state index in [1.54, 1.807) is 24.3 Å². The monoisotopic (exact) mass is 405 g/mol. The summed E-state index contributed by atoms with van der Waals surface area (Å²) in [5.74, 6) is -0.216. The van der Waals surface area contributed by atoms with Crippen LogP contribution in [-0.2, 0) is 4.79 Å². The number of Topliss-reactive ketones (excluding diaryl/α,β-unsaturated/α-hetero) is 1. The van der Waals surface area contributed by atoms with Crippen LogP contribution in [0.2, 0.25) is 0 Å². The average Bonchev–Trinajstić information content (AvgIpc) is 3.09. The van der Waals surface area contributed by atoms with Crippen LogP contribution in [0.15, 0.2) is 53.7 Å². The van der Waals surface area contributed by atoms with Crippen LogP contribution >= 0.6 is 11.8 Å². The number of carbonyl (C=O) groups excluding carboxylic acids is 2. The van der Waals surface area contributed by atoms with E-state index in [9.17, 15) is 9.59 Å². The standard InChI is InChI=1S/C21H19N5O2S/c1-3-17(20(28)22-14-8-6-7-13(11-14)12(2)27)29-21-24-19-18(25-26-21)15-9-4-5-10-16(15)23-19/h4-11,17H,3H2,1-2H3,(H,22,28)(H,23,24,26). The van der Waals surface area contributed by atoms with E-state index in [1.807, 2.05) is 31.2 Å². The van der Waals surface area contributed by atoms with Gasteiger partial charge in [0.25, 0.3) is 0 Å². The lowest BCUT2D eigenvalue weighted by Crippen LogP contribution is -2.25. The Labute approximate surface area is 171 Å². The lowest BCUT2D eigenvalue weighted by molar-refractivity contribution is -0.115. The van der Waals surface area contributed by atoms with Crippen molar-refractivity contribution >= 4 is 51.2 Å². The van der Waals surface area contributed by atoms with E-state index < -0.39 is 0 Å². The number of hydrogen-bond donors (Lipinski definition) is 2. The SMILES string of the molecule is CCC(Sc1nnc2c(n1)[nH]c1ccccc12)C(=O)Nc1cccc(C(C)=O)c1. The lowest BCUT2D eigenvalue weighted by Gasteiger charge is -2.14. The number of nitrogens with zero attached hydrogens (tertiary/aromatic N) is 3. The Hall–Kier alpha value is -3.26. The second-order valence-electron chi connectivity index (χ2n) is 6.60. The Morgan fingerprint density at radius 2 is 1.97 bits per heavy atom. The smallest absolute Gasteiger partial charge is 0.237 e. The van der Waals surface area contributed by atoms with Crippen LogP contribution in [0.1, 0.15) is 30.6 Å². The molecule has 0 fully saturated rings. The van der Waals surface area contributed by atoms with Gasteiger partial charge in [-0.05, 0) is 31.5 Å². The molecule has 0 radical (unpaired) electrons. The number of fused-ring (bicyclic) bond motifs is 3. The Bertz CT molecular complexity index is 1220. The van der Waals surface area contributed by atoms with Crippen molar-refractivity contribution in [2.75, 3.05) is 5.32 Å². The number of benzene rings is 2. The first-order valence-electron chi connectivity index (χ1n) is 9.25. The number of amides is 1. The zero-order chi connectivity index (χ0) is 20.4. The first kappa shape index (κ1) is 19.1. The van der Waals surface area contributed by atoms with E-state index in [2.05, 4.69) is 25.5 Å². The number of rotatable bonds is 6. The van der Waals surface area contributed by atoms with Crippen molar-refractivity contribution in [1.29, 1.82) is 0 Å². The fraction of sp³-hybridized carbons (Fsp3) is 0.190. The quantitative estimate of drug-likeness (QED) is 0.368. The van der Waals surface area contributed by atoms with E-state index in [4.69, 9.17) is 0 Å². The van der Waals surface area contributed by atoms with Crippen LogP contribution in [0.25, 0.3) is 22.1 Å². The Morgan fingerprint density at radius 3 is 2.76 bits per heavy atom. The molecule has 2 aromatic heterocycles. The molecule has 4 aromatic rings. The number of nitrogens with one attached hydrogen (secondary N) is 2. The highest BCUT2D eigenvalue weighted by atomic mass is 32.2. The van der Waals surface area contributed by atoms with E-state index in [0.29, 0.717) is 34.0 Å². The average molecular weight is 405 g/mol. The summed E-state index contributed by atoms with van der Waals surface area (Å²) in [5.41, 5.74) is 3.45. The van der Waals surface area contributed by atoms with Gasteiger partial charge in [-0.2, -0.15) is 0 Å². The maximum absolute atomic E-state index is 12.7. The topological polar surface area (TPSA) is 101 Å². The van der Waals surface area contributed by atoms with Crippen molar-refractivity contribution in [3.05, 3.63) is 54.1 Å². The number of para-hydroxylation sites is 1. The third-order valence-corrected chi connectivity index (χ3v) is 5.77. The molecule has 8 heteroatoms. The molecule has 2 heterocycles. The molecule has 4 rings (SSSR count). The normalized spacial score (nSPS) is 12.2. The van der Waals surface area contributed by atoms with Gasteiger partial charge in [-0.15, -0.1) is 10.2 Å². The van der Waals surface area contributed by atoms with Gasteiger partial charge >= 0.3 is 0 Å². The van der Waals surface area contributed by atoms with Gasteiger partial charge < -0.3 is 10.3 Å². The second-order valence-corrected chi connectivity index (χ2v) is 7.77. The van der Waals surface area contributed by atoms with Gasteiger partial charge in [0.2, 0.25) is 11.1 Å². The molecule has 0 aliphatic carbocycles. The predicted octanol–water partition coefficient (Wildman–Crippen LogP) is 4.22. The summed E-state index contributed by atoms with van der Waals surface area (Å²) in [5, 5.41) is 12.4. The summed E-state index contributed by atoms with van der Waals surface area (Å²) >= 11 is 1.27. The highest BCUT2D eigenvalue weighted by molar-refractivity contribution is 8.00. The molecular formula is C21H19N5O2S. The molecule has 0 saturated heterocycles. The van der Waals surface area contributed by atoms with E-state index in [-0.39, 0.29) is 16.9 Å². The van der Waals surface area contributed by atoms with Crippen LogP contribution in [0.4, 0.5) is 5.69 Å². The Balaban J connectivity index is 1.53. The molecule has 0 saturated carbocycles. The molecule has 7 nitrogen and oxygen atoms in total. The minimum atomic E-state index is -0.389. The minimum Gasteiger partial charge on any atom is -0.338 e. The second kappa shape index (κ2) is 8.00. The fourth-order valence-electron chi connectivity index (χ4n) is 3.04. The van der Waals surface area contributed by atoms with Crippen molar-refractivity contribution in [2.45, 2.75) is 30.7 Å². The molecule has 146 valence electrons. The highest BCUT2D eigenvalue weighted by Gasteiger charge is 2.21. The maximum atomic E-state index is 12.7. The molecule has 1 amide bonds. The number of anilines is 1. The molecular weight excluding hydrogens is 386 g/mol. The van der Waals surface area contributed by atoms with Crippen LogP contribution in [0.3, 0.4) is 0 Å². The van der Waals surface area contributed by atoms with Crippen LogP contribution in [0.5, 0.6) is 0 Å². The summed E-state index contributed by atoms with van der Waals surface area (Å²) in [7, 11) is 0. The van der Waals surface area contributed by atoms with Crippen molar-refractivity contribution in [3.8, 4) is 0 Å². The zero-order valence-corrected chi connectivity index (χ0v) is 16.8. The van der Waals surface area contributed by atoms with Crippen molar-refractivity contribution in [1.82, 2.24) is 20.2 Å². The minimum absolute atomic E-state index is 0.0476. The van der Waals surface area contributed by atoms with Gasteiger partial charge in [-0.3, -0.25) is 9.59 Å². The summed E-state index contributed by atoms with van der Waals surface area (Å²) in [6.07, 6.45) is 0.594. The summed E-state index contributed by atoms with van der Waals surface area (Å²) in [6, 6.07) is 14.7. The first-order chi connectivity index (χ1) is 14.0. The Kier molecular flexibility index (Phi) is 5.26. The van der Waals surface area contributed by atoms with Gasteiger partial charge in [0.1, 0.15) is 5.52 Å². The molecule has 2 aromatic carbocycles. The van der Waals surface area contributed by atoms with E-state index in [0.717, 1.165) is 10.9 Å². The number of aromatic nitrogens is 4. The number of ketones is 1. The summed E-state index contributed by atoms with van der Waals surface area (Å²) in [6.45, 7) is 3.42. The molecule has 0 spiro atoms. The number of hydrogen-bond acceptors (Lipinski definition) is 6. The highest BCUT2D eigenvalue weighted by Crippen LogP contribution is 2.27. The van der Waals surface area contributed by atoms with Crippen LogP contribution < -0.4 is 5.32 Å². The summed E-state index contributed by atoms with van der Waals surface area (Å²) in [4.78, 5) is 32.0. The number of thioether (sulfide) groups is 1. The van der Waals surface area contributed by atoms with Crippen LogP contribution in [-0.4, -0.2) is 37.1 Å². The number of carbonyl (C=O) groups is 2. The molecule has 1 unspecified atom stereocenters. The van der Waals surface area contributed by atoms with Gasteiger partial charge in [0.05, 0.1) is 5.25 Å². The number of aromatic amines is 1. The predicted molar refractivity (Wildman–Crippen MR) is 114 cm³/mol. The van der Waals surface area contributed by atoms with Gasteiger partial charge in [0.15, 0.2) is 11.4 Å². The molecule has 1 atom stereocenters. The van der Waals surface area contributed by atoms with Crippen molar-refractivity contribution < 1.29 is 9.59 Å². The van der Waals surface area contributed by atoms with Crippen LogP contribution in [0, 0.1) is 0 Å². The summed E-state index contributed by atoms with van der Waals surface area (Å²) < 4.78 is 0. The van der Waals surface area contributed by atoms with Crippen molar-refractivity contribution in [2.24, 2.45) is 0 Å².